The first-order chi connectivity index (χ1) is 9.61. The van der Waals surface area contributed by atoms with Gasteiger partial charge in [-0.05, 0) is 49.4 Å². The largest absolute Gasteiger partial charge is 0.375 e. The molecular weight excluding hydrogens is 250 g/mol. The number of carbonyl (C=O) groups is 1. The van der Waals surface area contributed by atoms with Gasteiger partial charge in [0.2, 0.25) is 0 Å². The molecule has 4 heteroatoms. The summed E-state index contributed by atoms with van der Waals surface area (Å²) in [5, 5.41) is 2.92. The van der Waals surface area contributed by atoms with E-state index in [0.29, 0.717) is 18.0 Å². The van der Waals surface area contributed by atoms with Gasteiger partial charge in [-0.25, -0.2) is 0 Å². The van der Waals surface area contributed by atoms with Crippen molar-refractivity contribution in [2.24, 2.45) is 11.7 Å². The Labute approximate surface area is 121 Å². The minimum Gasteiger partial charge on any atom is -0.375 e. The van der Waals surface area contributed by atoms with Gasteiger partial charge in [0.1, 0.15) is 0 Å². The predicted molar refractivity (Wildman–Crippen MR) is 83.0 cm³/mol. The highest BCUT2D eigenvalue weighted by molar-refractivity contribution is 5.94. The van der Waals surface area contributed by atoms with Crippen LogP contribution in [0, 0.1) is 5.92 Å². The number of amides is 1. The Kier molecular flexibility index (Phi) is 5.01. The first-order valence-electron chi connectivity index (χ1n) is 7.46. The smallest absolute Gasteiger partial charge is 0.251 e. The van der Waals surface area contributed by atoms with E-state index < -0.39 is 0 Å². The summed E-state index contributed by atoms with van der Waals surface area (Å²) < 4.78 is 0. The Hall–Kier alpha value is -1.55. The summed E-state index contributed by atoms with van der Waals surface area (Å²) >= 11 is 0. The molecule has 4 nitrogen and oxygen atoms in total. The zero-order valence-electron chi connectivity index (χ0n) is 12.4. The van der Waals surface area contributed by atoms with Crippen LogP contribution in [0.25, 0.3) is 0 Å². The molecule has 0 saturated heterocycles. The van der Waals surface area contributed by atoms with E-state index in [4.69, 9.17) is 5.73 Å². The lowest BCUT2D eigenvalue weighted by Gasteiger charge is -2.18. The van der Waals surface area contributed by atoms with Gasteiger partial charge in [-0.2, -0.15) is 0 Å². The molecule has 0 radical (unpaired) electrons. The van der Waals surface area contributed by atoms with Crippen molar-refractivity contribution >= 4 is 11.6 Å². The quantitative estimate of drug-likeness (QED) is 0.800. The second-order valence-electron chi connectivity index (χ2n) is 5.68. The molecule has 0 aromatic heterocycles. The molecule has 1 atom stereocenters. The molecule has 1 amide bonds. The molecule has 1 aliphatic carbocycles. The van der Waals surface area contributed by atoms with E-state index in [9.17, 15) is 4.79 Å². The van der Waals surface area contributed by atoms with Crippen molar-refractivity contribution in [1.29, 1.82) is 0 Å². The highest BCUT2D eigenvalue weighted by Gasteiger charge is 2.28. The zero-order valence-corrected chi connectivity index (χ0v) is 12.4. The number of anilines is 1. The molecule has 0 spiro atoms. The summed E-state index contributed by atoms with van der Waals surface area (Å²) in [4.78, 5) is 14.2. The minimum absolute atomic E-state index is 0.0363. The van der Waals surface area contributed by atoms with Gasteiger partial charge in [0.05, 0.1) is 0 Å². The van der Waals surface area contributed by atoms with Crippen LogP contribution in [-0.4, -0.2) is 32.1 Å². The van der Waals surface area contributed by atoms with Crippen LogP contribution in [0.5, 0.6) is 0 Å². The Morgan fingerprint density at radius 3 is 2.60 bits per heavy atom. The molecule has 1 aromatic rings. The number of benzene rings is 1. The molecular formula is C16H25N3O. The Morgan fingerprint density at radius 1 is 1.40 bits per heavy atom. The van der Waals surface area contributed by atoms with Crippen LogP contribution in [0.4, 0.5) is 5.69 Å². The maximum atomic E-state index is 12.0. The lowest BCUT2D eigenvalue weighted by atomic mass is 10.1. The van der Waals surface area contributed by atoms with Crippen molar-refractivity contribution in [3.05, 3.63) is 29.8 Å². The summed E-state index contributed by atoms with van der Waals surface area (Å²) in [6, 6.07) is 7.84. The molecule has 3 N–H and O–H groups in total. The molecule has 1 saturated carbocycles. The maximum Gasteiger partial charge on any atom is 0.251 e. The summed E-state index contributed by atoms with van der Waals surface area (Å²) in [6.07, 6.45) is 3.52. The van der Waals surface area contributed by atoms with E-state index in [-0.39, 0.29) is 11.9 Å². The van der Waals surface area contributed by atoms with Crippen molar-refractivity contribution < 1.29 is 4.79 Å². The van der Waals surface area contributed by atoms with Crippen molar-refractivity contribution in [2.75, 3.05) is 25.0 Å². The standard InChI is InChI=1S/C16H25N3O/c1-3-10-19(2)14-8-6-13(7-9-14)16(20)18-11-15(17)12-4-5-12/h6-9,12,15H,3-5,10-11,17H2,1-2H3,(H,18,20). The fourth-order valence-corrected chi connectivity index (χ4v) is 2.34. The second-order valence-corrected chi connectivity index (χ2v) is 5.68. The Morgan fingerprint density at radius 2 is 2.05 bits per heavy atom. The molecule has 110 valence electrons. The first kappa shape index (κ1) is 14.9. The van der Waals surface area contributed by atoms with E-state index in [1.54, 1.807) is 0 Å². The van der Waals surface area contributed by atoms with Gasteiger partial charge >= 0.3 is 0 Å². The number of nitrogens with two attached hydrogens (primary N) is 1. The summed E-state index contributed by atoms with van der Waals surface area (Å²) in [6.45, 7) is 3.74. The molecule has 0 heterocycles. The monoisotopic (exact) mass is 275 g/mol. The van der Waals surface area contributed by atoms with Crippen molar-refractivity contribution in [3.8, 4) is 0 Å². The Balaban J connectivity index is 1.86. The average molecular weight is 275 g/mol. The van der Waals surface area contributed by atoms with E-state index in [2.05, 4.69) is 24.2 Å². The number of nitrogens with zero attached hydrogens (tertiary/aromatic N) is 1. The zero-order chi connectivity index (χ0) is 14.5. The fourth-order valence-electron chi connectivity index (χ4n) is 2.34. The van der Waals surface area contributed by atoms with E-state index >= 15 is 0 Å². The third kappa shape index (κ3) is 3.97. The van der Waals surface area contributed by atoms with Crippen molar-refractivity contribution in [2.45, 2.75) is 32.2 Å². The normalized spacial score (nSPS) is 15.8. The molecule has 1 aliphatic rings. The number of rotatable bonds is 7. The van der Waals surface area contributed by atoms with Crippen LogP contribution < -0.4 is 16.0 Å². The molecule has 0 aliphatic heterocycles. The lowest BCUT2D eigenvalue weighted by molar-refractivity contribution is 0.0950. The number of nitrogens with one attached hydrogen (secondary N) is 1. The second kappa shape index (κ2) is 6.75. The van der Waals surface area contributed by atoms with Crippen LogP contribution in [0.1, 0.15) is 36.5 Å². The summed E-state index contributed by atoms with van der Waals surface area (Å²) in [5.74, 6) is 0.575. The van der Waals surface area contributed by atoms with E-state index in [1.165, 1.54) is 12.8 Å². The van der Waals surface area contributed by atoms with Gasteiger partial charge in [-0.15, -0.1) is 0 Å². The molecule has 1 aromatic carbocycles. The Bertz CT molecular complexity index is 440. The van der Waals surface area contributed by atoms with Crippen LogP contribution in [0.2, 0.25) is 0 Å². The number of hydrogen-bond acceptors (Lipinski definition) is 3. The van der Waals surface area contributed by atoms with Gasteiger partial charge in [-0.1, -0.05) is 6.92 Å². The van der Waals surface area contributed by atoms with Gasteiger partial charge in [0.25, 0.3) is 5.91 Å². The van der Waals surface area contributed by atoms with Gasteiger partial charge in [-0.3, -0.25) is 4.79 Å². The van der Waals surface area contributed by atoms with Crippen molar-refractivity contribution in [3.63, 3.8) is 0 Å². The summed E-state index contributed by atoms with van der Waals surface area (Å²) in [7, 11) is 2.06. The SMILES string of the molecule is CCCN(C)c1ccc(C(=O)NCC(N)C2CC2)cc1. The highest BCUT2D eigenvalue weighted by Crippen LogP contribution is 2.31. The molecule has 0 bridgehead atoms. The third-order valence-corrected chi connectivity index (χ3v) is 3.86. The van der Waals surface area contributed by atoms with E-state index in [1.807, 2.05) is 24.3 Å². The van der Waals surface area contributed by atoms with E-state index in [0.717, 1.165) is 18.7 Å². The van der Waals surface area contributed by atoms with Gasteiger partial charge in [0, 0.05) is 37.4 Å². The van der Waals surface area contributed by atoms with Crippen molar-refractivity contribution in [1.82, 2.24) is 5.32 Å². The highest BCUT2D eigenvalue weighted by atomic mass is 16.1. The molecule has 1 fully saturated rings. The van der Waals surface area contributed by atoms with Crippen LogP contribution in [0.3, 0.4) is 0 Å². The molecule has 2 rings (SSSR count). The number of hydrogen-bond donors (Lipinski definition) is 2. The first-order valence-corrected chi connectivity index (χ1v) is 7.46. The molecule has 20 heavy (non-hydrogen) atoms. The lowest BCUT2D eigenvalue weighted by Crippen LogP contribution is -2.38. The van der Waals surface area contributed by atoms with Crippen LogP contribution >= 0.6 is 0 Å². The third-order valence-electron chi connectivity index (χ3n) is 3.86. The number of carbonyl (C=O) groups excluding carboxylic acids is 1. The van der Waals surface area contributed by atoms with Gasteiger partial charge in [0.15, 0.2) is 0 Å². The van der Waals surface area contributed by atoms with Crippen LogP contribution in [0.15, 0.2) is 24.3 Å². The predicted octanol–water partition coefficient (Wildman–Crippen LogP) is 2.00. The van der Waals surface area contributed by atoms with Gasteiger partial charge < -0.3 is 16.0 Å². The molecule has 1 unspecified atom stereocenters. The maximum absolute atomic E-state index is 12.0. The fraction of sp³-hybridized carbons (Fsp3) is 0.562. The average Bonchev–Trinajstić information content (AvgIpc) is 3.29. The summed E-state index contributed by atoms with van der Waals surface area (Å²) in [5.41, 5.74) is 7.81. The minimum atomic E-state index is -0.0363. The van der Waals surface area contributed by atoms with Crippen LogP contribution in [-0.2, 0) is 0 Å². The topological polar surface area (TPSA) is 58.4 Å².